The van der Waals surface area contributed by atoms with Crippen LogP contribution in [0.15, 0.2) is 42.5 Å². The van der Waals surface area contributed by atoms with Gasteiger partial charge in [-0.05, 0) is 40.8 Å². The fraction of sp³-hybridized carbons (Fsp3) is 0.333. The van der Waals surface area contributed by atoms with E-state index in [4.69, 9.17) is 0 Å². The summed E-state index contributed by atoms with van der Waals surface area (Å²) >= 11 is 0. The van der Waals surface area contributed by atoms with Crippen LogP contribution in [0, 0.1) is 0 Å². The van der Waals surface area contributed by atoms with Gasteiger partial charge in [-0.25, -0.2) is 0 Å². The molecular weight excluding hydrogens is 242 g/mol. The van der Waals surface area contributed by atoms with Gasteiger partial charge in [0.2, 0.25) is 0 Å². The zero-order valence-electron chi connectivity index (χ0n) is 9.89. The van der Waals surface area contributed by atoms with Gasteiger partial charge in [-0.15, -0.1) is 8.93 Å². The molecule has 0 spiro atoms. The van der Waals surface area contributed by atoms with Gasteiger partial charge in [0, 0.05) is 0 Å². The van der Waals surface area contributed by atoms with Crippen LogP contribution in [0.5, 0.6) is 0 Å². The molecule has 2 aromatic rings. The number of hydrogen-bond donors (Lipinski definition) is 0. The summed E-state index contributed by atoms with van der Waals surface area (Å²) in [6.07, 6.45) is 4.20. The Kier molecular flexibility index (Phi) is 3.46. The molecule has 1 aliphatic rings. The van der Waals surface area contributed by atoms with Gasteiger partial charge in [-0.2, -0.15) is 0 Å². The molecule has 0 nitrogen and oxygen atoms in total. The van der Waals surface area contributed by atoms with E-state index in [1.807, 2.05) is 0 Å². The highest BCUT2D eigenvalue weighted by Gasteiger charge is 2.27. The van der Waals surface area contributed by atoms with Gasteiger partial charge < -0.3 is 0 Å². The molecule has 1 aliphatic carbocycles. The van der Waals surface area contributed by atoms with E-state index in [1.54, 1.807) is 5.56 Å². The highest BCUT2D eigenvalue weighted by Crippen LogP contribution is 2.47. The quantitative estimate of drug-likeness (QED) is 0.670. The lowest BCUT2D eigenvalue weighted by molar-refractivity contribution is 0.736. The first kappa shape index (κ1) is 11.6. The van der Waals surface area contributed by atoms with Crippen LogP contribution >= 0.6 is 17.2 Å². The SMILES string of the molecule is PPC1CCCC1c1ccc2ccccc2c1. The van der Waals surface area contributed by atoms with Crippen LogP contribution in [-0.2, 0) is 0 Å². The first-order valence-corrected chi connectivity index (χ1v) is 9.22. The Morgan fingerprint density at radius 2 is 1.82 bits per heavy atom. The molecule has 17 heavy (non-hydrogen) atoms. The summed E-state index contributed by atoms with van der Waals surface area (Å²) < 4.78 is 0. The first-order chi connectivity index (χ1) is 8.38. The molecule has 0 amide bonds. The highest BCUT2D eigenvalue weighted by molar-refractivity contribution is 8.03. The zero-order chi connectivity index (χ0) is 11.7. The monoisotopic (exact) mass is 260 g/mol. The molecule has 0 heterocycles. The van der Waals surface area contributed by atoms with E-state index in [2.05, 4.69) is 51.4 Å². The molecule has 4 atom stereocenters. The topological polar surface area (TPSA) is 0 Å². The molecule has 1 saturated carbocycles. The predicted molar refractivity (Wildman–Crippen MR) is 82.4 cm³/mol. The Morgan fingerprint density at radius 1 is 1.00 bits per heavy atom. The first-order valence-electron chi connectivity index (χ1n) is 6.33. The molecule has 2 aromatic carbocycles. The fourth-order valence-electron chi connectivity index (χ4n) is 3.00. The van der Waals surface area contributed by atoms with E-state index < -0.39 is 0 Å². The van der Waals surface area contributed by atoms with Gasteiger partial charge in [0.15, 0.2) is 0 Å². The second-order valence-corrected chi connectivity index (χ2v) is 6.99. The van der Waals surface area contributed by atoms with Crippen molar-refractivity contribution in [2.24, 2.45) is 0 Å². The molecule has 88 valence electrons. The van der Waals surface area contributed by atoms with Crippen molar-refractivity contribution in [2.45, 2.75) is 30.8 Å². The van der Waals surface area contributed by atoms with Crippen molar-refractivity contribution in [1.29, 1.82) is 0 Å². The smallest absolute Gasteiger partial charge is 0.00934 e. The second kappa shape index (κ2) is 5.05. The van der Waals surface area contributed by atoms with Crippen LogP contribution < -0.4 is 0 Å². The number of hydrogen-bond acceptors (Lipinski definition) is 0. The Morgan fingerprint density at radius 3 is 2.65 bits per heavy atom. The Bertz CT molecular complexity index is 521. The lowest BCUT2D eigenvalue weighted by atomic mass is 9.95. The Labute approximate surface area is 107 Å². The Balaban J connectivity index is 2.00. The summed E-state index contributed by atoms with van der Waals surface area (Å²) in [5, 5.41) is 2.75. The molecule has 1 fully saturated rings. The van der Waals surface area contributed by atoms with Crippen molar-refractivity contribution in [1.82, 2.24) is 0 Å². The molecule has 0 radical (unpaired) electrons. The molecule has 3 rings (SSSR count). The lowest BCUT2D eigenvalue weighted by Gasteiger charge is -2.18. The second-order valence-electron chi connectivity index (χ2n) is 4.92. The van der Waals surface area contributed by atoms with Crippen LogP contribution in [0.4, 0.5) is 0 Å². The van der Waals surface area contributed by atoms with Crippen molar-refractivity contribution in [3.8, 4) is 0 Å². The van der Waals surface area contributed by atoms with Crippen molar-refractivity contribution in [2.75, 3.05) is 0 Å². The van der Waals surface area contributed by atoms with E-state index in [0.717, 1.165) is 19.8 Å². The fourth-order valence-corrected chi connectivity index (χ4v) is 5.16. The predicted octanol–water partition coefficient (Wildman–Crippen LogP) is 4.94. The van der Waals surface area contributed by atoms with Gasteiger partial charge in [0.05, 0.1) is 0 Å². The number of rotatable bonds is 2. The highest BCUT2D eigenvalue weighted by atomic mass is 32.0. The van der Waals surface area contributed by atoms with E-state index in [-0.39, 0.29) is 0 Å². The van der Waals surface area contributed by atoms with Crippen molar-refractivity contribution in [3.63, 3.8) is 0 Å². The standard InChI is InChI=1S/C15H18P2/c16-17-15-7-3-6-14(15)13-9-8-11-4-1-2-5-12(11)10-13/h1-2,4-5,8-10,14-15,17H,3,6-7,16H2. The van der Waals surface area contributed by atoms with E-state index in [1.165, 1.54) is 30.0 Å². The summed E-state index contributed by atoms with van der Waals surface area (Å²) in [6, 6.07) is 15.7. The summed E-state index contributed by atoms with van der Waals surface area (Å²) in [6.45, 7) is 0. The van der Waals surface area contributed by atoms with Gasteiger partial charge in [0.25, 0.3) is 0 Å². The minimum atomic E-state index is 0.801. The maximum absolute atomic E-state index is 2.95. The molecule has 4 unspecified atom stereocenters. The normalized spacial score (nSPS) is 25.0. The van der Waals surface area contributed by atoms with E-state index in [0.29, 0.717) is 0 Å². The van der Waals surface area contributed by atoms with Crippen molar-refractivity contribution in [3.05, 3.63) is 48.0 Å². The average Bonchev–Trinajstić information content (AvgIpc) is 2.86. The third-order valence-corrected chi connectivity index (χ3v) is 6.34. The summed E-state index contributed by atoms with van der Waals surface area (Å²) in [7, 11) is 3.97. The molecule has 0 aromatic heterocycles. The lowest BCUT2D eigenvalue weighted by Crippen LogP contribution is -2.05. The number of fused-ring (bicyclic) bond motifs is 1. The number of benzene rings is 2. The molecule has 0 N–H and O–H groups in total. The van der Waals surface area contributed by atoms with E-state index >= 15 is 0 Å². The van der Waals surface area contributed by atoms with Gasteiger partial charge in [-0.1, -0.05) is 57.2 Å². The molecule has 2 heteroatoms. The maximum atomic E-state index is 2.95. The third kappa shape index (κ3) is 2.26. The minimum Gasteiger partial charge on any atom is -0.114 e. The summed E-state index contributed by atoms with van der Waals surface area (Å²) in [5.74, 6) is 0.801. The van der Waals surface area contributed by atoms with Crippen molar-refractivity contribution < 1.29 is 0 Å². The summed E-state index contributed by atoms with van der Waals surface area (Å²) in [5.41, 5.74) is 2.46. The zero-order valence-corrected chi connectivity index (χ0v) is 12.0. The van der Waals surface area contributed by atoms with Gasteiger partial charge in [0.1, 0.15) is 0 Å². The van der Waals surface area contributed by atoms with Crippen LogP contribution in [0.1, 0.15) is 30.7 Å². The summed E-state index contributed by atoms with van der Waals surface area (Å²) in [4.78, 5) is 0. The van der Waals surface area contributed by atoms with E-state index in [9.17, 15) is 0 Å². The molecular formula is C15H18P2. The third-order valence-electron chi connectivity index (χ3n) is 3.93. The molecule has 0 bridgehead atoms. The van der Waals surface area contributed by atoms with Crippen molar-refractivity contribution >= 4 is 28.0 Å². The van der Waals surface area contributed by atoms with Crippen LogP contribution in [0.3, 0.4) is 0 Å². The van der Waals surface area contributed by atoms with Crippen LogP contribution in [0.25, 0.3) is 10.8 Å². The largest absolute Gasteiger partial charge is 0.114 e. The maximum Gasteiger partial charge on any atom is -0.00934 e. The molecule has 0 saturated heterocycles. The Hall–Kier alpha value is -0.440. The van der Waals surface area contributed by atoms with Crippen LogP contribution in [0.2, 0.25) is 0 Å². The van der Waals surface area contributed by atoms with Crippen LogP contribution in [-0.4, -0.2) is 5.66 Å². The minimum absolute atomic E-state index is 0.801. The van der Waals surface area contributed by atoms with Gasteiger partial charge in [-0.3, -0.25) is 0 Å². The van der Waals surface area contributed by atoms with Gasteiger partial charge >= 0.3 is 0 Å². The average molecular weight is 260 g/mol. The molecule has 0 aliphatic heterocycles.